The maximum atomic E-state index is 5.71. The number of aliphatic imine (C=N–C) groups is 1. The quantitative estimate of drug-likeness (QED) is 0.749. The molecule has 1 unspecified atom stereocenters. The maximum absolute atomic E-state index is 5.71. The average molecular weight is 326 g/mol. The molecule has 0 aliphatic carbocycles. The fourth-order valence-electron chi connectivity index (χ4n) is 2.23. The van der Waals surface area contributed by atoms with Gasteiger partial charge in [0.25, 0.3) is 0 Å². The van der Waals surface area contributed by atoms with Crippen LogP contribution in [-0.4, -0.2) is 33.1 Å². The molecular weight excluding hydrogens is 306 g/mol. The Bertz CT molecular complexity index is 434. The Morgan fingerprint density at radius 3 is 3.00 bits per heavy atom. The van der Waals surface area contributed by atoms with Crippen molar-refractivity contribution in [1.82, 2.24) is 0 Å². The van der Waals surface area contributed by atoms with Gasteiger partial charge in [-0.1, -0.05) is 6.07 Å². The zero-order chi connectivity index (χ0) is 13.5. The van der Waals surface area contributed by atoms with Gasteiger partial charge in [-0.2, -0.15) is 0 Å². The van der Waals surface area contributed by atoms with Gasteiger partial charge in [0.2, 0.25) is 0 Å². The van der Waals surface area contributed by atoms with Gasteiger partial charge in [-0.05, 0) is 65.0 Å². The van der Waals surface area contributed by atoms with Crippen molar-refractivity contribution < 1.29 is 9.47 Å². The number of rotatable bonds is 6. The molecule has 1 aromatic carbocycles. The molecule has 0 radical (unpaired) electrons. The Hall–Kier alpha value is -0.870. The zero-order valence-electron chi connectivity index (χ0n) is 11.3. The molecule has 3 nitrogen and oxygen atoms in total. The first kappa shape index (κ1) is 14.5. The van der Waals surface area contributed by atoms with E-state index in [1.807, 2.05) is 0 Å². The van der Waals surface area contributed by atoms with Crippen LogP contribution in [0.15, 0.2) is 27.7 Å². The van der Waals surface area contributed by atoms with E-state index in [4.69, 9.17) is 9.47 Å². The molecule has 1 atom stereocenters. The number of hydrogen-bond donors (Lipinski definition) is 0. The van der Waals surface area contributed by atoms with Crippen LogP contribution in [0.3, 0.4) is 0 Å². The average Bonchev–Trinajstić information content (AvgIpc) is 2.44. The summed E-state index contributed by atoms with van der Waals surface area (Å²) in [4.78, 5) is 4.28. The molecule has 2 rings (SSSR count). The summed E-state index contributed by atoms with van der Waals surface area (Å²) in [7, 11) is 1.68. The van der Waals surface area contributed by atoms with Crippen molar-refractivity contribution in [3.63, 3.8) is 0 Å². The first-order valence-corrected chi connectivity index (χ1v) is 7.47. The third-order valence-electron chi connectivity index (χ3n) is 3.30. The van der Waals surface area contributed by atoms with E-state index >= 15 is 0 Å². The molecule has 1 heterocycles. The minimum atomic E-state index is 0.578. The highest BCUT2D eigenvalue weighted by Crippen LogP contribution is 2.28. The van der Waals surface area contributed by atoms with Crippen LogP contribution in [0.4, 0.5) is 0 Å². The predicted molar refractivity (Wildman–Crippen MR) is 81.3 cm³/mol. The third-order valence-corrected chi connectivity index (χ3v) is 3.95. The Morgan fingerprint density at radius 2 is 2.26 bits per heavy atom. The maximum Gasteiger partial charge on any atom is 0.133 e. The molecule has 0 spiro atoms. The van der Waals surface area contributed by atoms with E-state index in [1.165, 1.54) is 12.0 Å². The summed E-state index contributed by atoms with van der Waals surface area (Å²) in [5, 5.41) is 0. The summed E-state index contributed by atoms with van der Waals surface area (Å²) in [5.74, 6) is 1.62. The standard InChI is InChI=1S/C15H20BrNO2/c1-18-8-9-19-15-11-13(2-3-14(15)16)10-12-4-6-17-7-5-12/h2-3,6,11-12H,4-5,7-10H2,1H3. The second kappa shape index (κ2) is 7.65. The molecule has 0 saturated carbocycles. The lowest BCUT2D eigenvalue weighted by molar-refractivity contribution is 0.146. The van der Waals surface area contributed by atoms with Crippen molar-refractivity contribution in [2.75, 3.05) is 26.9 Å². The summed E-state index contributed by atoms with van der Waals surface area (Å²) in [6, 6.07) is 6.36. The van der Waals surface area contributed by atoms with Crippen LogP contribution in [0, 0.1) is 5.92 Å². The second-order valence-corrected chi connectivity index (χ2v) is 5.64. The van der Waals surface area contributed by atoms with E-state index in [0.717, 1.165) is 29.6 Å². The molecule has 0 bridgehead atoms. The van der Waals surface area contributed by atoms with Crippen molar-refractivity contribution in [2.45, 2.75) is 19.3 Å². The van der Waals surface area contributed by atoms with Gasteiger partial charge in [-0.25, -0.2) is 0 Å². The summed E-state index contributed by atoms with van der Waals surface area (Å²) < 4.78 is 11.7. The summed E-state index contributed by atoms with van der Waals surface area (Å²) in [6.07, 6.45) is 5.44. The Labute approximate surface area is 123 Å². The van der Waals surface area contributed by atoms with E-state index in [1.54, 1.807) is 7.11 Å². The molecule has 4 heteroatoms. The lowest BCUT2D eigenvalue weighted by atomic mass is 9.92. The van der Waals surface area contributed by atoms with E-state index in [9.17, 15) is 0 Å². The molecule has 0 N–H and O–H groups in total. The van der Waals surface area contributed by atoms with Gasteiger partial charge in [0, 0.05) is 13.7 Å². The number of nitrogens with zero attached hydrogens (tertiary/aromatic N) is 1. The Morgan fingerprint density at radius 1 is 1.37 bits per heavy atom. The lowest BCUT2D eigenvalue weighted by Gasteiger charge is -2.18. The molecule has 1 aromatic rings. The number of halogens is 1. The van der Waals surface area contributed by atoms with Gasteiger partial charge in [0.1, 0.15) is 12.4 Å². The SMILES string of the molecule is COCCOc1cc(CC2CC=NCC2)ccc1Br. The van der Waals surface area contributed by atoms with Gasteiger partial charge in [0.15, 0.2) is 0 Å². The Kier molecular flexibility index (Phi) is 5.86. The minimum Gasteiger partial charge on any atom is -0.490 e. The molecule has 19 heavy (non-hydrogen) atoms. The number of hydrogen-bond acceptors (Lipinski definition) is 3. The van der Waals surface area contributed by atoms with Gasteiger partial charge >= 0.3 is 0 Å². The first-order valence-electron chi connectivity index (χ1n) is 6.68. The van der Waals surface area contributed by atoms with Crippen molar-refractivity contribution in [3.05, 3.63) is 28.2 Å². The van der Waals surface area contributed by atoms with Crippen LogP contribution in [-0.2, 0) is 11.2 Å². The van der Waals surface area contributed by atoms with Crippen molar-refractivity contribution in [3.8, 4) is 5.75 Å². The fourth-order valence-corrected chi connectivity index (χ4v) is 2.59. The molecule has 0 aromatic heterocycles. The number of benzene rings is 1. The molecule has 0 saturated heterocycles. The van der Waals surface area contributed by atoms with E-state index in [-0.39, 0.29) is 0 Å². The smallest absolute Gasteiger partial charge is 0.133 e. The van der Waals surface area contributed by atoms with Crippen LogP contribution >= 0.6 is 15.9 Å². The highest BCUT2D eigenvalue weighted by atomic mass is 79.9. The topological polar surface area (TPSA) is 30.8 Å². The van der Waals surface area contributed by atoms with Crippen LogP contribution in [0.25, 0.3) is 0 Å². The van der Waals surface area contributed by atoms with Crippen molar-refractivity contribution in [1.29, 1.82) is 0 Å². The fraction of sp³-hybridized carbons (Fsp3) is 0.533. The summed E-state index contributed by atoms with van der Waals surface area (Å²) >= 11 is 3.52. The van der Waals surface area contributed by atoms with Gasteiger partial charge < -0.3 is 9.47 Å². The predicted octanol–water partition coefficient (Wildman–Crippen LogP) is 3.50. The molecular formula is C15H20BrNO2. The monoisotopic (exact) mass is 325 g/mol. The van der Waals surface area contributed by atoms with Gasteiger partial charge in [-0.3, -0.25) is 4.99 Å². The molecule has 104 valence electrons. The second-order valence-electron chi connectivity index (χ2n) is 4.79. The Balaban J connectivity index is 1.96. The highest BCUT2D eigenvalue weighted by Gasteiger charge is 2.12. The van der Waals surface area contributed by atoms with Crippen LogP contribution in [0.1, 0.15) is 18.4 Å². The van der Waals surface area contributed by atoms with Gasteiger partial charge in [-0.15, -0.1) is 0 Å². The molecule has 1 aliphatic heterocycles. The summed E-state index contributed by atoms with van der Waals surface area (Å²) in [5.41, 5.74) is 1.33. The molecule has 0 fully saturated rings. The summed E-state index contributed by atoms with van der Waals surface area (Å²) in [6.45, 7) is 2.16. The lowest BCUT2D eigenvalue weighted by Crippen LogP contribution is -2.11. The highest BCUT2D eigenvalue weighted by molar-refractivity contribution is 9.10. The first-order chi connectivity index (χ1) is 9.29. The zero-order valence-corrected chi connectivity index (χ0v) is 12.9. The van der Waals surface area contributed by atoms with E-state index in [0.29, 0.717) is 19.1 Å². The van der Waals surface area contributed by atoms with Crippen LogP contribution < -0.4 is 4.74 Å². The molecule has 0 amide bonds. The van der Waals surface area contributed by atoms with Gasteiger partial charge in [0.05, 0.1) is 11.1 Å². The normalized spacial score (nSPS) is 18.5. The minimum absolute atomic E-state index is 0.578. The van der Waals surface area contributed by atoms with Crippen molar-refractivity contribution in [2.24, 2.45) is 10.9 Å². The van der Waals surface area contributed by atoms with E-state index in [2.05, 4.69) is 45.3 Å². The number of methoxy groups -OCH3 is 1. The van der Waals surface area contributed by atoms with Crippen LogP contribution in [0.2, 0.25) is 0 Å². The van der Waals surface area contributed by atoms with Crippen LogP contribution in [0.5, 0.6) is 5.75 Å². The third kappa shape index (κ3) is 4.62. The van der Waals surface area contributed by atoms with Crippen molar-refractivity contribution >= 4 is 22.1 Å². The molecule has 1 aliphatic rings. The number of ether oxygens (including phenoxy) is 2. The van der Waals surface area contributed by atoms with E-state index < -0.39 is 0 Å². The largest absolute Gasteiger partial charge is 0.490 e.